The maximum absolute atomic E-state index is 11.7. The van der Waals surface area contributed by atoms with E-state index in [-0.39, 0.29) is 6.54 Å². The smallest absolute Gasteiger partial charge is 0.323 e. The Bertz CT molecular complexity index is 514. The molecule has 0 spiro atoms. The summed E-state index contributed by atoms with van der Waals surface area (Å²) in [5.41, 5.74) is 0.668. The van der Waals surface area contributed by atoms with Crippen molar-refractivity contribution in [3.63, 3.8) is 0 Å². The average molecular weight is 264 g/mol. The summed E-state index contributed by atoms with van der Waals surface area (Å²) in [5, 5.41) is 11.4. The summed E-state index contributed by atoms with van der Waals surface area (Å²) < 4.78 is 0. The van der Waals surface area contributed by atoms with E-state index in [1.807, 2.05) is 12.3 Å². The van der Waals surface area contributed by atoms with Crippen molar-refractivity contribution >= 4 is 29.3 Å². The van der Waals surface area contributed by atoms with Crippen LogP contribution in [0.3, 0.4) is 0 Å². The van der Waals surface area contributed by atoms with Gasteiger partial charge in [0.25, 0.3) is 0 Å². The van der Waals surface area contributed by atoms with Gasteiger partial charge >= 0.3 is 5.97 Å². The van der Waals surface area contributed by atoms with E-state index in [0.717, 1.165) is 9.91 Å². The van der Waals surface area contributed by atoms with Crippen LogP contribution < -0.4 is 0 Å². The minimum absolute atomic E-state index is 0.0361. The number of carboxylic acids is 1. The summed E-state index contributed by atoms with van der Waals surface area (Å²) >= 11 is 1.47. The van der Waals surface area contributed by atoms with Crippen LogP contribution in [0.5, 0.6) is 0 Å². The van der Waals surface area contributed by atoms with Gasteiger partial charge in [0.15, 0.2) is 0 Å². The molecule has 0 aliphatic heterocycles. The highest BCUT2D eigenvalue weighted by atomic mass is 32.1. The van der Waals surface area contributed by atoms with Crippen LogP contribution in [0.25, 0.3) is 6.08 Å². The lowest BCUT2D eigenvalue weighted by atomic mass is 10.3. The second-order valence-electron chi connectivity index (χ2n) is 3.42. The van der Waals surface area contributed by atoms with E-state index < -0.39 is 18.4 Å². The van der Waals surface area contributed by atoms with Crippen LogP contribution in [-0.2, 0) is 9.59 Å². The maximum atomic E-state index is 11.7. The molecule has 1 amide bonds. The molecule has 0 saturated carbocycles. The first kappa shape index (κ1) is 13.9. The first-order valence-corrected chi connectivity index (χ1v) is 5.95. The van der Waals surface area contributed by atoms with Gasteiger partial charge in [-0.25, -0.2) is 4.98 Å². The van der Waals surface area contributed by atoms with Crippen molar-refractivity contribution in [1.29, 1.82) is 0 Å². The number of nitrogens with zero attached hydrogens (tertiary/aromatic N) is 2. The number of amides is 1. The largest absolute Gasteiger partial charge is 0.480 e. The Kier molecular flexibility index (Phi) is 5.08. The van der Waals surface area contributed by atoms with Gasteiger partial charge in [-0.2, -0.15) is 0 Å². The van der Waals surface area contributed by atoms with Gasteiger partial charge in [0.2, 0.25) is 5.91 Å². The Hall–Kier alpha value is -2.13. The van der Waals surface area contributed by atoms with Crippen LogP contribution >= 0.6 is 11.3 Å². The van der Waals surface area contributed by atoms with Crippen LogP contribution in [0.1, 0.15) is 10.7 Å². The van der Waals surface area contributed by atoms with Crippen molar-refractivity contribution in [3.05, 3.63) is 22.2 Å². The number of carbonyl (C=O) groups is 2. The van der Waals surface area contributed by atoms with E-state index in [9.17, 15) is 9.59 Å². The molecule has 1 aromatic heterocycles. The first-order valence-electron chi connectivity index (χ1n) is 5.07. The molecule has 1 rings (SSSR count). The van der Waals surface area contributed by atoms with E-state index in [2.05, 4.69) is 10.9 Å². The number of aliphatic carboxylic acids is 1. The van der Waals surface area contributed by atoms with Crippen molar-refractivity contribution in [3.8, 4) is 12.3 Å². The fraction of sp³-hybridized carbons (Fsp3) is 0.250. The van der Waals surface area contributed by atoms with Crippen molar-refractivity contribution in [2.75, 3.05) is 13.1 Å². The second kappa shape index (κ2) is 6.57. The number of hydrogen-bond acceptors (Lipinski definition) is 4. The van der Waals surface area contributed by atoms with E-state index in [4.69, 9.17) is 11.5 Å². The Balaban J connectivity index is 2.69. The molecule has 0 fully saturated rings. The molecular formula is C12H12N2O3S. The zero-order valence-electron chi connectivity index (χ0n) is 9.79. The zero-order valence-corrected chi connectivity index (χ0v) is 10.6. The summed E-state index contributed by atoms with van der Waals surface area (Å²) in [6.07, 6.45) is 7.89. The van der Waals surface area contributed by atoms with Gasteiger partial charge in [-0.05, 0) is 13.0 Å². The van der Waals surface area contributed by atoms with E-state index in [1.54, 1.807) is 0 Å². The number of carboxylic acid groups (broad SMARTS) is 1. The molecule has 0 unspecified atom stereocenters. The molecule has 1 aromatic rings. The topological polar surface area (TPSA) is 70.5 Å². The average Bonchev–Trinajstić information content (AvgIpc) is 2.71. The molecule has 0 atom stereocenters. The normalized spacial score (nSPS) is 10.2. The second-order valence-corrected chi connectivity index (χ2v) is 4.48. The fourth-order valence-corrected chi connectivity index (χ4v) is 1.78. The molecule has 0 saturated heterocycles. The van der Waals surface area contributed by atoms with E-state index in [0.29, 0.717) is 5.69 Å². The molecule has 5 nitrogen and oxygen atoms in total. The number of aromatic nitrogens is 1. The third-order valence-corrected chi connectivity index (χ3v) is 2.75. The lowest BCUT2D eigenvalue weighted by Gasteiger charge is -2.15. The summed E-state index contributed by atoms with van der Waals surface area (Å²) in [5.74, 6) is 0.707. The van der Waals surface area contributed by atoms with Gasteiger partial charge in [0.1, 0.15) is 6.54 Å². The van der Waals surface area contributed by atoms with Crippen LogP contribution in [0, 0.1) is 19.3 Å². The molecular weight excluding hydrogens is 252 g/mol. The number of thiazole rings is 1. The zero-order chi connectivity index (χ0) is 13.5. The van der Waals surface area contributed by atoms with Gasteiger partial charge in [-0.3, -0.25) is 9.59 Å². The Labute approximate surface area is 109 Å². The van der Waals surface area contributed by atoms with Crippen molar-refractivity contribution < 1.29 is 14.7 Å². The summed E-state index contributed by atoms with van der Waals surface area (Å²) in [4.78, 5) is 27.5. The number of rotatable bonds is 5. The Morgan fingerprint density at radius 2 is 2.39 bits per heavy atom. The first-order chi connectivity index (χ1) is 8.52. The Morgan fingerprint density at radius 3 is 2.89 bits per heavy atom. The summed E-state index contributed by atoms with van der Waals surface area (Å²) in [6.45, 7) is 1.41. The third-order valence-electron chi connectivity index (χ3n) is 1.95. The molecule has 0 aliphatic carbocycles. The van der Waals surface area contributed by atoms with Crippen LogP contribution in [0.15, 0.2) is 11.5 Å². The molecule has 18 heavy (non-hydrogen) atoms. The highest BCUT2D eigenvalue weighted by molar-refractivity contribution is 7.09. The monoisotopic (exact) mass is 264 g/mol. The van der Waals surface area contributed by atoms with Crippen molar-refractivity contribution in [2.45, 2.75) is 6.92 Å². The summed E-state index contributed by atoms with van der Waals surface area (Å²) in [6, 6.07) is 0. The third kappa shape index (κ3) is 4.39. The number of aryl methyl sites for hydroxylation is 1. The molecule has 0 aromatic carbocycles. The van der Waals surface area contributed by atoms with Gasteiger partial charge < -0.3 is 10.0 Å². The van der Waals surface area contributed by atoms with Crippen molar-refractivity contribution in [2.24, 2.45) is 0 Å². The SMILES string of the molecule is C#CCN(CC(=O)O)C(=O)C=Cc1csc(C)n1. The number of terminal acetylenes is 1. The van der Waals surface area contributed by atoms with Crippen LogP contribution in [-0.4, -0.2) is 40.0 Å². The predicted octanol–water partition coefficient (Wildman–Crippen LogP) is 1.01. The van der Waals surface area contributed by atoms with Crippen LogP contribution in [0.4, 0.5) is 0 Å². The molecule has 1 heterocycles. The maximum Gasteiger partial charge on any atom is 0.323 e. The lowest BCUT2D eigenvalue weighted by Crippen LogP contribution is -2.34. The molecule has 0 bridgehead atoms. The van der Waals surface area contributed by atoms with E-state index in [1.165, 1.54) is 23.5 Å². The molecule has 0 radical (unpaired) electrons. The quantitative estimate of drug-likeness (QED) is 0.636. The minimum Gasteiger partial charge on any atom is -0.480 e. The fourth-order valence-electron chi connectivity index (χ4n) is 1.20. The number of hydrogen-bond donors (Lipinski definition) is 1. The van der Waals surface area contributed by atoms with Gasteiger partial charge in [0.05, 0.1) is 17.2 Å². The predicted molar refractivity (Wildman–Crippen MR) is 68.9 cm³/mol. The molecule has 1 N–H and O–H groups in total. The highest BCUT2D eigenvalue weighted by Gasteiger charge is 2.12. The van der Waals surface area contributed by atoms with E-state index >= 15 is 0 Å². The molecule has 94 valence electrons. The minimum atomic E-state index is -1.10. The van der Waals surface area contributed by atoms with Crippen LogP contribution in [0.2, 0.25) is 0 Å². The lowest BCUT2D eigenvalue weighted by molar-refractivity contribution is -0.142. The molecule has 6 heteroatoms. The van der Waals surface area contributed by atoms with Gasteiger partial charge in [-0.15, -0.1) is 17.8 Å². The Morgan fingerprint density at radius 1 is 1.67 bits per heavy atom. The molecule has 0 aliphatic rings. The highest BCUT2D eigenvalue weighted by Crippen LogP contribution is 2.09. The van der Waals surface area contributed by atoms with Crippen molar-refractivity contribution in [1.82, 2.24) is 9.88 Å². The number of carbonyl (C=O) groups excluding carboxylic acids is 1. The van der Waals surface area contributed by atoms with Gasteiger partial charge in [-0.1, -0.05) is 5.92 Å². The summed E-state index contributed by atoms with van der Waals surface area (Å²) in [7, 11) is 0. The standard InChI is InChI=1S/C12H12N2O3S/c1-3-6-14(7-12(16)17)11(15)5-4-10-8-18-9(2)13-10/h1,4-5,8H,6-7H2,2H3,(H,16,17). The van der Waals surface area contributed by atoms with Gasteiger partial charge in [0, 0.05) is 11.5 Å².